The van der Waals surface area contributed by atoms with Crippen LogP contribution in [0.5, 0.6) is 0 Å². The Balaban J connectivity index is 4.82. The second kappa shape index (κ2) is 10.3. The Bertz CT molecular complexity index is 288. The van der Waals surface area contributed by atoms with E-state index in [1.165, 1.54) is 0 Å². The van der Waals surface area contributed by atoms with Gasteiger partial charge in [0.1, 0.15) is 0 Å². The highest BCUT2D eigenvalue weighted by atomic mass is 16.4. The van der Waals surface area contributed by atoms with Gasteiger partial charge in [0, 0.05) is 19.6 Å². The zero-order valence-electron chi connectivity index (χ0n) is 11.9. The van der Waals surface area contributed by atoms with Crippen LogP contribution in [-0.4, -0.2) is 57.3 Å². The number of nitrogens with zero attached hydrogens (tertiary/aromatic N) is 4. The Morgan fingerprint density at radius 3 is 1.11 bits per heavy atom. The Morgan fingerprint density at radius 1 is 0.684 bits per heavy atom. The summed E-state index contributed by atoms with van der Waals surface area (Å²) >= 11 is 0. The quantitative estimate of drug-likeness (QED) is 0.339. The van der Waals surface area contributed by atoms with Crippen LogP contribution in [0, 0.1) is 0 Å². The van der Waals surface area contributed by atoms with Crippen molar-refractivity contribution in [2.24, 2.45) is 15.5 Å². The lowest BCUT2D eigenvalue weighted by Crippen LogP contribution is -2.38. The molecular formula is C12H24N4O3. The molecule has 0 saturated heterocycles. The van der Waals surface area contributed by atoms with Gasteiger partial charge in [-0.15, -0.1) is 0 Å². The minimum atomic E-state index is 0.436. The van der Waals surface area contributed by atoms with Crippen LogP contribution in [0.25, 0.3) is 0 Å². The van der Waals surface area contributed by atoms with Gasteiger partial charge in [0.2, 0.25) is 0 Å². The zero-order chi connectivity index (χ0) is 14.7. The van der Waals surface area contributed by atoms with Gasteiger partial charge >= 0.3 is 0 Å². The van der Waals surface area contributed by atoms with Gasteiger partial charge in [-0.05, 0) is 19.3 Å². The van der Waals surface area contributed by atoms with Crippen LogP contribution in [0.4, 0.5) is 0 Å². The number of oxime groups is 3. The first-order valence-electron chi connectivity index (χ1n) is 6.46. The van der Waals surface area contributed by atoms with Gasteiger partial charge < -0.3 is 15.6 Å². The Morgan fingerprint density at radius 2 is 0.947 bits per heavy atom. The van der Waals surface area contributed by atoms with Crippen molar-refractivity contribution in [3.05, 3.63) is 0 Å². The number of rotatable bonds is 9. The topological polar surface area (TPSA) is 101 Å². The number of hydrogen-bond acceptors (Lipinski definition) is 7. The van der Waals surface area contributed by atoms with E-state index in [0.29, 0.717) is 56.0 Å². The second-order valence-corrected chi connectivity index (χ2v) is 4.20. The molecule has 0 rings (SSSR count). The summed E-state index contributed by atoms with van der Waals surface area (Å²) in [6, 6.07) is 0. The molecule has 0 atom stereocenters. The molecule has 7 heteroatoms. The molecule has 0 aliphatic carbocycles. The predicted octanol–water partition coefficient (Wildman–Crippen LogP) is 2.01. The summed E-state index contributed by atoms with van der Waals surface area (Å²) in [6.45, 7) is 7.00. The first-order valence-corrected chi connectivity index (χ1v) is 6.46. The van der Waals surface area contributed by atoms with E-state index >= 15 is 0 Å². The summed E-state index contributed by atoms with van der Waals surface area (Å²) in [5.74, 6) is 0. The lowest BCUT2D eigenvalue weighted by atomic mass is 10.2. The van der Waals surface area contributed by atoms with Gasteiger partial charge in [-0.1, -0.05) is 36.2 Å². The SMILES string of the molecule is CC/C(CN(C/C(CC)=N/O)C/C(CC)=N/O)=N/O. The van der Waals surface area contributed by atoms with E-state index in [-0.39, 0.29) is 0 Å². The first kappa shape index (κ1) is 17.4. The van der Waals surface area contributed by atoms with Gasteiger partial charge in [-0.2, -0.15) is 0 Å². The highest BCUT2D eigenvalue weighted by Gasteiger charge is 2.14. The van der Waals surface area contributed by atoms with E-state index in [0.717, 1.165) is 0 Å². The van der Waals surface area contributed by atoms with Crippen LogP contribution < -0.4 is 0 Å². The van der Waals surface area contributed by atoms with Crippen molar-refractivity contribution in [1.29, 1.82) is 0 Å². The first-order chi connectivity index (χ1) is 9.14. The maximum absolute atomic E-state index is 8.87. The Kier molecular flexibility index (Phi) is 9.42. The van der Waals surface area contributed by atoms with Gasteiger partial charge in [0.15, 0.2) is 0 Å². The van der Waals surface area contributed by atoms with Gasteiger partial charge in [0.25, 0.3) is 0 Å². The Labute approximate surface area is 113 Å². The van der Waals surface area contributed by atoms with Crippen LogP contribution >= 0.6 is 0 Å². The monoisotopic (exact) mass is 272 g/mol. The molecule has 0 aromatic heterocycles. The molecule has 0 bridgehead atoms. The molecule has 0 aromatic rings. The van der Waals surface area contributed by atoms with Crippen molar-refractivity contribution in [3.8, 4) is 0 Å². The smallest absolute Gasteiger partial charge is 0.0708 e. The minimum Gasteiger partial charge on any atom is -0.411 e. The van der Waals surface area contributed by atoms with E-state index in [4.69, 9.17) is 15.6 Å². The molecule has 0 saturated carbocycles. The molecule has 0 unspecified atom stereocenters. The molecule has 110 valence electrons. The van der Waals surface area contributed by atoms with Crippen LogP contribution in [0.1, 0.15) is 40.0 Å². The summed E-state index contributed by atoms with van der Waals surface area (Å²) in [4.78, 5) is 1.91. The third kappa shape index (κ3) is 6.76. The molecule has 0 spiro atoms. The van der Waals surface area contributed by atoms with Crippen LogP contribution in [0.3, 0.4) is 0 Å². The summed E-state index contributed by atoms with van der Waals surface area (Å²) in [7, 11) is 0. The van der Waals surface area contributed by atoms with E-state index in [1.807, 2.05) is 25.7 Å². The molecule has 0 aliphatic heterocycles. The molecule has 0 aromatic carbocycles. The van der Waals surface area contributed by atoms with Gasteiger partial charge in [-0.25, -0.2) is 0 Å². The molecular weight excluding hydrogens is 248 g/mol. The van der Waals surface area contributed by atoms with E-state index in [9.17, 15) is 0 Å². The van der Waals surface area contributed by atoms with E-state index < -0.39 is 0 Å². The summed E-state index contributed by atoms with van der Waals surface area (Å²) in [5, 5.41) is 36.3. The fourth-order valence-electron chi connectivity index (χ4n) is 1.58. The van der Waals surface area contributed by atoms with Crippen LogP contribution in [0.15, 0.2) is 15.5 Å². The fourth-order valence-corrected chi connectivity index (χ4v) is 1.58. The average Bonchev–Trinajstić information content (AvgIpc) is 2.46. The largest absolute Gasteiger partial charge is 0.411 e. The molecule has 0 heterocycles. The van der Waals surface area contributed by atoms with Crippen LogP contribution in [0.2, 0.25) is 0 Å². The maximum Gasteiger partial charge on any atom is 0.0708 e. The normalized spacial score (nSPS) is 14.2. The standard InChI is InChI=1S/C12H24N4O3/c1-4-10(13-17)7-16(8-11(5-2)14-18)9-12(6-3)15-19/h17-19H,4-9H2,1-3H3/b13-10-,14-11+,15-12+. The van der Waals surface area contributed by atoms with Crippen molar-refractivity contribution in [3.63, 3.8) is 0 Å². The van der Waals surface area contributed by atoms with Crippen LogP contribution in [-0.2, 0) is 0 Å². The van der Waals surface area contributed by atoms with Crippen molar-refractivity contribution in [2.75, 3.05) is 19.6 Å². The molecule has 7 nitrogen and oxygen atoms in total. The van der Waals surface area contributed by atoms with Crippen molar-refractivity contribution >= 4 is 17.1 Å². The second-order valence-electron chi connectivity index (χ2n) is 4.20. The molecule has 3 N–H and O–H groups in total. The average molecular weight is 272 g/mol. The highest BCUT2D eigenvalue weighted by Crippen LogP contribution is 2.00. The Hall–Kier alpha value is -1.63. The zero-order valence-corrected chi connectivity index (χ0v) is 11.9. The third-order valence-electron chi connectivity index (χ3n) is 2.87. The third-order valence-corrected chi connectivity index (χ3v) is 2.87. The predicted molar refractivity (Wildman–Crippen MR) is 75.0 cm³/mol. The highest BCUT2D eigenvalue weighted by molar-refractivity contribution is 5.91. The molecule has 0 radical (unpaired) electrons. The maximum atomic E-state index is 8.87. The van der Waals surface area contributed by atoms with E-state index in [1.54, 1.807) is 0 Å². The fraction of sp³-hybridized carbons (Fsp3) is 0.750. The minimum absolute atomic E-state index is 0.436. The van der Waals surface area contributed by atoms with Crippen molar-refractivity contribution < 1.29 is 15.6 Å². The molecule has 0 aliphatic rings. The summed E-state index contributed by atoms with van der Waals surface area (Å²) in [6.07, 6.45) is 1.88. The van der Waals surface area contributed by atoms with Crippen molar-refractivity contribution in [1.82, 2.24) is 4.90 Å². The lowest BCUT2D eigenvalue weighted by Gasteiger charge is -2.22. The van der Waals surface area contributed by atoms with E-state index in [2.05, 4.69) is 15.5 Å². The summed E-state index contributed by atoms with van der Waals surface area (Å²) < 4.78 is 0. The number of hydrogen-bond donors (Lipinski definition) is 3. The lowest BCUT2D eigenvalue weighted by molar-refractivity contribution is 0.298. The summed E-state index contributed by atoms with van der Waals surface area (Å²) in [5.41, 5.74) is 1.88. The molecule has 0 amide bonds. The van der Waals surface area contributed by atoms with Gasteiger partial charge in [-0.3, -0.25) is 4.90 Å². The van der Waals surface area contributed by atoms with Gasteiger partial charge in [0.05, 0.1) is 17.1 Å². The molecule has 19 heavy (non-hydrogen) atoms. The molecule has 0 fully saturated rings. The van der Waals surface area contributed by atoms with Crippen molar-refractivity contribution in [2.45, 2.75) is 40.0 Å².